The van der Waals surface area contributed by atoms with Crippen LogP contribution in [0.25, 0.3) is 0 Å². The third-order valence-corrected chi connectivity index (χ3v) is 3.50. The lowest BCUT2D eigenvalue weighted by Gasteiger charge is -2.24. The summed E-state index contributed by atoms with van der Waals surface area (Å²) >= 11 is 5.90. The van der Waals surface area contributed by atoms with E-state index >= 15 is 0 Å². The first-order valence-electron chi connectivity index (χ1n) is 6.47. The summed E-state index contributed by atoms with van der Waals surface area (Å²) in [5.41, 5.74) is 8.04. The van der Waals surface area contributed by atoms with Gasteiger partial charge in [0.1, 0.15) is 0 Å². The molecule has 1 atom stereocenters. The van der Waals surface area contributed by atoms with Gasteiger partial charge in [0.05, 0.1) is 5.69 Å². The smallest absolute Gasteiger partial charge is 0.0646 e. The molecular weight excluding hydrogens is 258 g/mol. The summed E-state index contributed by atoms with van der Waals surface area (Å²) in [6, 6.07) is 10.1. The summed E-state index contributed by atoms with van der Waals surface area (Å²) in [6.45, 7) is 6.24. The van der Waals surface area contributed by atoms with Crippen LogP contribution in [-0.4, -0.2) is 9.78 Å². The van der Waals surface area contributed by atoms with E-state index in [9.17, 15) is 0 Å². The van der Waals surface area contributed by atoms with E-state index in [-0.39, 0.29) is 0 Å². The second-order valence-corrected chi connectivity index (χ2v) is 5.92. The fourth-order valence-electron chi connectivity index (χ4n) is 2.07. The Morgan fingerprint density at radius 3 is 2.42 bits per heavy atom. The highest BCUT2D eigenvalue weighted by Crippen LogP contribution is 2.23. The highest BCUT2D eigenvalue weighted by atomic mass is 35.5. The minimum absolute atomic E-state index is 0.369. The van der Waals surface area contributed by atoms with Crippen molar-refractivity contribution in [2.45, 2.75) is 38.8 Å². The van der Waals surface area contributed by atoms with E-state index in [1.807, 2.05) is 48.1 Å². The molecule has 2 aromatic rings. The van der Waals surface area contributed by atoms with Crippen LogP contribution in [0.1, 0.15) is 38.1 Å². The lowest BCUT2D eigenvalue weighted by atomic mass is 9.88. The summed E-state index contributed by atoms with van der Waals surface area (Å²) in [7, 11) is 0. The Balaban J connectivity index is 2.17. The van der Waals surface area contributed by atoms with Gasteiger partial charge >= 0.3 is 0 Å². The van der Waals surface area contributed by atoms with Gasteiger partial charge in [-0.05, 0) is 44.5 Å². The van der Waals surface area contributed by atoms with Crippen LogP contribution in [0, 0.1) is 0 Å². The Morgan fingerprint density at radius 2 is 1.89 bits per heavy atom. The van der Waals surface area contributed by atoms with Crippen LogP contribution in [0.15, 0.2) is 36.5 Å². The number of aromatic nitrogens is 2. The first-order valence-corrected chi connectivity index (χ1v) is 6.85. The second-order valence-electron chi connectivity index (χ2n) is 5.48. The van der Waals surface area contributed by atoms with Crippen molar-refractivity contribution in [3.8, 4) is 0 Å². The zero-order chi connectivity index (χ0) is 14.0. The molecule has 19 heavy (non-hydrogen) atoms. The van der Waals surface area contributed by atoms with Crippen molar-refractivity contribution in [2.75, 3.05) is 0 Å². The van der Waals surface area contributed by atoms with E-state index in [0.717, 1.165) is 16.3 Å². The van der Waals surface area contributed by atoms with Crippen molar-refractivity contribution in [3.05, 3.63) is 52.8 Å². The van der Waals surface area contributed by atoms with Crippen molar-refractivity contribution in [2.24, 2.45) is 5.73 Å². The van der Waals surface area contributed by atoms with Gasteiger partial charge in [0.25, 0.3) is 0 Å². The largest absolute Gasteiger partial charge is 0.321 e. The van der Waals surface area contributed by atoms with Gasteiger partial charge in [-0.15, -0.1) is 0 Å². The molecule has 1 unspecified atom stereocenters. The predicted octanol–water partition coefficient (Wildman–Crippen LogP) is 3.53. The molecule has 0 radical (unpaired) electrons. The van der Waals surface area contributed by atoms with Crippen LogP contribution in [0.4, 0.5) is 0 Å². The van der Waals surface area contributed by atoms with Gasteiger partial charge in [0.15, 0.2) is 0 Å². The molecule has 102 valence electrons. The molecule has 0 aliphatic heterocycles. The molecule has 3 nitrogen and oxygen atoms in total. The van der Waals surface area contributed by atoms with Gasteiger partial charge in [-0.1, -0.05) is 23.7 Å². The quantitative estimate of drug-likeness (QED) is 0.929. The summed E-state index contributed by atoms with van der Waals surface area (Å²) in [6.07, 6.45) is 2.70. The van der Waals surface area contributed by atoms with Crippen molar-refractivity contribution < 1.29 is 0 Å². The fraction of sp³-hybridized carbons (Fsp3) is 0.400. The molecule has 0 saturated carbocycles. The predicted molar refractivity (Wildman–Crippen MR) is 79.3 cm³/mol. The molecule has 1 aromatic heterocycles. The van der Waals surface area contributed by atoms with E-state index in [4.69, 9.17) is 17.3 Å². The molecule has 0 aliphatic carbocycles. The van der Waals surface area contributed by atoms with Crippen LogP contribution >= 0.6 is 11.6 Å². The van der Waals surface area contributed by atoms with Crippen molar-refractivity contribution in [3.63, 3.8) is 0 Å². The maximum Gasteiger partial charge on any atom is 0.0646 e. The molecule has 0 saturated heterocycles. The first-order chi connectivity index (χ1) is 8.88. The molecule has 2 rings (SSSR count). The number of hydrogen-bond donors (Lipinski definition) is 1. The third kappa shape index (κ3) is 3.37. The molecular formula is C15H20ClN3. The number of hydrogen-bond acceptors (Lipinski definition) is 2. The van der Waals surface area contributed by atoms with Gasteiger partial charge in [-0.25, -0.2) is 0 Å². The molecule has 0 amide bonds. The van der Waals surface area contributed by atoms with Gasteiger partial charge in [0, 0.05) is 29.2 Å². The fourth-order valence-corrected chi connectivity index (χ4v) is 2.19. The van der Waals surface area contributed by atoms with Crippen LogP contribution in [0.5, 0.6) is 0 Å². The average Bonchev–Trinajstić information content (AvgIpc) is 2.77. The van der Waals surface area contributed by atoms with Crippen LogP contribution in [0.3, 0.4) is 0 Å². The highest BCUT2D eigenvalue weighted by molar-refractivity contribution is 6.30. The van der Waals surface area contributed by atoms with Gasteiger partial charge in [-0.2, -0.15) is 5.10 Å². The minimum atomic E-state index is -0.444. The molecule has 0 fully saturated rings. The van der Waals surface area contributed by atoms with E-state index in [2.05, 4.69) is 18.9 Å². The molecule has 0 bridgehead atoms. The molecule has 2 N–H and O–H groups in total. The van der Waals surface area contributed by atoms with Gasteiger partial charge in [-0.3, -0.25) is 4.68 Å². The van der Waals surface area contributed by atoms with Crippen molar-refractivity contribution >= 4 is 11.6 Å². The normalized spacial score (nSPS) is 14.6. The Bertz CT molecular complexity index is 541. The van der Waals surface area contributed by atoms with Crippen LogP contribution < -0.4 is 5.73 Å². The molecule has 1 aromatic carbocycles. The van der Waals surface area contributed by atoms with E-state index in [0.29, 0.717) is 12.5 Å². The monoisotopic (exact) mass is 277 g/mol. The zero-order valence-electron chi connectivity index (χ0n) is 11.6. The summed E-state index contributed by atoms with van der Waals surface area (Å²) in [5, 5.41) is 5.27. The Morgan fingerprint density at radius 1 is 1.26 bits per heavy atom. The van der Waals surface area contributed by atoms with E-state index in [1.165, 1.54) is 0 Å². The maximum absolute atomic E-state index is 6.41. The standard InChI is InChI=1S/C15H20ClN3/c1-11(2)19-9-8-14(18-19)10-15(3,17)12-4-6-13(16)7-5-12/h4-9,11H,10,17H2,1-3H3. The minimum Gasteiger partial charge on any atom is -0.321 e. The lowest BCUT2D eigenvalue weighted by Crippen LogP contribution is -2.35. The van der Waals surface area contributed by atoms with Gasteiger partial charge < -0.3 is 5.73 Å². The highest BCUT2D eigenvalue weighted by Gasteiger charge is 2.23. The molecule has 4 heteroatoms. The lowest BCUT2D eigenvalue weighted by molar-refractivity contribution is 0.469. The number of nitrogens with zero attached hydrogens (tertiary/aromatic N) is 2. The summed E-state index contributed by atoms with van der Waals surface area (Å²) in [4.78, 5) is 0. The molecule has 0 spiro atoms. The van der Waals surface area contributed by atoms with Crippen molar-refractivity contribution in [1.29, 1.82) is 0 Å². The second kappa shape index (κ2) is 5.35. The third-order valence-electron chi connectivity index (χ3n) is 3.24. The number of nitrogens with two attached hydrogens (primary N) is 1. The SMILES string of the molecule is CC(C)n1ccc(CC(C)(N)c2ccc(Cl)cc2)n1. The Kier molecular flexibility index (Phi) is 3.97. The summed E-state index contributed by atoms with van der Waals surface area (Å²) < 4.78 is 1.95. The van der Waals surface area contributed by atoms with Crippen LogP contribution in [-0.2, 0) is 12.0 Å². The average molecular weight is 278 g/mol. The van der Waals surface area contributed by atoms with Crippen LogP contribution in [0.2, 0.25) is 5.02 Å². The molecule has 0 aliphatic rings. The number of benzene rings is 1. The van der Waals surface area contributed by atoms with Crippen molar-refractivity contribution in [1.82, 2.24) is 9.78 Å². The maximum atomic E-state index is 6.41. The molecule has 1 heterocycles. The summed E-state index contributed by atoms with van der Waals surface area (Å²) in [5.74, 6) is 0. The topological polar surface area (TPSA) is 43.8 Å². The number of rotatable bonds is 4. The van der Waals surface area contributed by atoms with E-state index in [1.54, 1.807) is 0 Å². The number of halogens is 1. The Hall–Kier alpha value is -1.32. The Labute approximate surface area is 119 Å². The van der Waals surface area contributed by atoms with E-state index < -0.39 is 5.54 Å². The first kappa shape index (κ1) is 14.1. The zero-order valence-corrected chi connectivity index (χ0v) is 12.4. The van der Waals surface area contributed by atoms with Gasteiger partial charge in [0.2, 0.25) is 0 Å².